The molecular weight excluding hydrogens is 292 g/mol. The molecule has 6 nitrogen and oxygen atoms in total. The molecule has 1 aliphatic heterocycles. The molecule has 0 bridgehead atoms. The molecule has 2 N–H and O–H groups in total. The number of nitriles is 1. The minimum absolute atomic E-state index is 0.0400. The maximum Gasteiger partial charge on any atom is 0.263 e. The Morgan fingerprint density at radius 3 is 3.00 bits per heavy atom. The van der Waals surface area contributed by atoms with E-state index in [1.807, 2.05) is 49.3 Å². The topological polar surface area (TPSA) is 77.4 Å². The molecule has 0 saturated carbocycles. The van der Waals surface area contributed by atoms with E-state index >= 15 is 0 Å². The third kappa shape index (κ3) is 5.01. The van der Waals surface area contributed by atoms with Crippen LogP contribution >= 0.6 is 0 Å². The van der Waals surface area contributed by atoms with Crippen LogP contribution in [-0.4, -0.2) is 39.3 Å². The van der Waals surface area contributed by atoms with E-state index in [1.165, 1.54) is 6.20 Å². The van der Waals surface area contributed by atoms with Crippen LogP contribution in [0, 0.1) is 11.3 Å². The van der Waals surface area contributed by atoms with Gasteiger partial charge < -0.3 is 20.3 Å². The van der Waals surface area contributed by atoms with E-state index in [1.54, 1.807) is 0 Å². The Kier molecular flexibility index (Phi) is 6.01. The number of nitrogens with zero attached hydrogens (tertiary/aromatic N) is 2. The minimum atomic E-state index is -0.390. The molecule has 1 fully saturated rings. The zero-order valence-electron chi connectivity index (χ0n) is 13.5. The van der Waals surface area contributed by atoms with Crippen LogP contribution in [0.3, 0.4) is 0 Å². The molecule has 0 aliphatic carbocycles. The molecule has 23 heavy (non-hydrogen) atoms. The third-order valence-electron chi connectivity index (χ3n) is 3.63. The van der Waals surface area contributed by atoms with Gasteiger partial charge in [0.15, 0.2) is 0 Å². The number of anilines is 2. The van der Waals surface area contributed by atoms with Crippen LogP contribution in [0.25, 0.3) is 0 Å². The highest BCUT2D eigenvalue weighted by Crippen LogP contribution is 2.17. The van der Waals surface area contributed by atoms with E-state index < -0.39 is 0 Å². The third-order valence-corrected chi connectivity index (χ3v) is 3.63. The van der Waals surface area contributed by atoms with Crippen molar-refractivity contribution in [2.24, 2.45) is 0 Å². The number of carbonyl (C=O) groups excluding carboxylic acids is 1. The number of amides is 1. The lowest BCUT2D eigenvalue weighted by molar-refractivity contribution is -0.117. The zero-order valence-corrected chi connectivity index (χ0v) is 13.5. The fourth-order valence-corrected chi connectivity index (χ4v) is 2.29. The number of benzene rings is 1. The maximum absolute atomic E-state index is 12.0. The quantitative estimate of drug-likeness (QED) is 0.619. The van der Waals surface area contributed by atoms with E-state index in [0.717, 1.165) is 30.8 Å². The lowest BCUT2D eigenvalue weighted by Gasteiger charge is -2.13. The minimum Gasteiger partial charge on any atom is -0.378 e. The van der Waals surface area contributed by atoms with Gasteiger partial charge in [0.05, 0.1) is 6.10 Å². The molecule has 1 atom stereocenters. The lowest BCUT2D eigenvalue weighted by Crippen LogP contribution is -2.32. The largest absolute Gasteiger partial charge is 0.378 e. The lowest BCUT2D eigenvalue weighted by atomic mass is 10.2. The van der Waals surface area contributed by atoms with Crippen molar-refractivity contribution in [2.45, 2.75) is 18.9 Å². The Bertz CT molecular complexity index is 613. The number of ether oxygens (including phenoxy) is 1. The summed E-state index contributed by atoms with van der Waals surface area (Å²) in [6.07, 6.45) is 3.45. The summed E-state index contributed by atoms with van der Waals surface area (Å²) in [5.41, 5.74) is 1.89. The molecule has 2 rings (SSSR count). The Labute approximate surface area is 136 Å². The number of nitrogens with one attached hydrogen (secondary N) is 2. The van der Waals surface area contributed by atoms with Gasteiger partial charge in [-0.05, 0) is 31.0 Å². The Morgan fingerprint density at radius 2 is 2.35 bits per heavy atom. The van der Waals surface area contributed by atoms with Crippen LogP contribution in [-0.2, 0) is 9.53 Å². The molecule has 1 aliphatic rings. The first-order chi connectivity index (χ1) is 11.1. The average molecular weight is 314 g/mol. The summed E-state index contributed by atoms with van der Waals surface area (Å²) in [5, 5.41) is 14.9. The summed E-state index contributed by atoms with van der Waals surface area (Å²) in [5.74, 6) is -0.390. The van der Waals surface area contributed by atoms with Gasteiger partial charge >= 0.3 is 0 Å². The van der Waals surface area contributed by atoms with E-state index in [4.69, 9.17) is 10.00 Å². The van der Waals surface area contributed by atoms with Gasteiger partial charge in [-0.1, -0.05) is 6.07 Å². The molecule has 1 aromatic carbocycles. The predicted molar refractivity (Wildman–Crippen MR) is 90.1 cm³/mol. The van der Waals surface area contributed by atoms with E-state index in [9.17, 15) is 4.79 Å². The van der Waals surface area contributed by atoms with E-state index in [0.29, 0.717) is 6.54 Å². The summed E-state index contributed by atoms with van der Waals surface area (Å²) in [4.78, 5) is 14.0. The predicted octanol–water partition coefficient (Wildman–Crippen LogP) is 1.87. The van der Waals surface area contributed by atoms with E-state index in [-0.39, 0.29) is 17.6 Å². The Hall–Kier alpha value is -2.52. The van der Waals surface area contributed by atoms with Crippen molar-refractivity contribution >= 4 is 17.3 Å². The second-order valence-corrected chi connectivity index (χ2v) is 5.60. The summed E-state index contributed by atoms with van der Waals surface area (Å²) in [7, 11) is 3.91. The fourth-order valence-electron chi connectivity index (χ4n) is 2.29. The van der Waals surface area contributed by atoms with Gasteiger partial charge in [0.25, 0.3) is 5.91 Å². The van der Waals surface area contributed by atoms with Crippen molar-refractivity contribution in [3.63, 3.8) is 0 Å². The van der Waals surface area contributed by atoms with Crippen LogP contribution in [0.5, 0.6) is 0 Å². The molecule has 1 heterocycles. The summed E-state index contributed by atoms with van der Waals surface area (Å²) < 4.78 is 5.44. The molecule has 6 heteroatoms. The fraction of sp³-hybridized carbons (Fsp3) is 0.412. The van der Waals surface area contributed by atoms with Crippen molar-refractivity contribution in [2.75, 3.05) is 37.5 Å². The summed E-state index contributed by atoms with van der Waals surface area (Å²) in [6.45, 7) is 1.18. The second kappa shape index (κ2) is 8.20. The number of hydrogen-bond donors (Lipinski definition) is 2. The monoisotopic (exact) mass is 314 g/mol. The van der Waals surface area contributed by atoms with Crippen molar-refractivity contribution in [1.82, 2.24) is 5.32 Å². The number of carbonyl (C=O) groups is 1. The van der Waals surface area contributed by atoms with Gasteiger partial charge in [-0.25, -0.2) is 0 Å². The molecular formula is C17H22N4O2. The summed E-state index contributed by atoms with van der Waals surface area (Å²) >= 11 is 0. The summed E-state index contributed by atoms with van der Waals surface area (Å²) in [6, 6.07) is 9.63. The zero-order chi connectivity index (χ0) is 16.7. The number of hydrogen-bond acceptors (Lipinski definition) is 5. The van der Waals surface area contributed by atoms with Gasteiger partial charge in [0.1, 0.15) is 11.6 Å². The van der Waals surface area contributed by atoms with Crippen LogP contribution in [0.2, 0.25) is 0 Å². The van der Waals surface area contributed by atoms with Crippen molar-refractivity contribution < 1.29 is 9.53 Å². The van der Waals surface area contributed by atoms with Crippen LogP contribution < -0.4 is 15.5 Å². The molecule has 0 radical (unpaired) electrons. The molecule has 1 unspecified atom stereocenters. The molecule has 122 valence electrons. The molecule has 0 spiro atoms. The SMILES string of the molecule is CN(C)c1cccc(N/C=C(/C#N)C(=O)NCC2CCCO2)c1. The van der Waals surface area contributed by atoms with Crippen LogP contribution in [0.15, 0.2) is 36.0 Å². The van der Waals surface area contributed by atoms with Crippen LogP contribution in [0.1, 0.15) is 12.8 Å². The first-order valence-electron chi connectivity index (χ1n) is 7.64. The molecule has 1 aromatic rings. The Balaban J connectivity index is 1.94. The smallest absolute Gasteiger partial charge is 0.263 e. The van der Waals surface area contributed by atoms with Gasteiger partial charge in [-0.15, -0.1) is 0 Å². The normalized spacial score (nSPS) is 17.4. The first kappa shape index (κ1) is 16.8. The highest BCUT2D eigenvalue weighted by molar-refractivity contribution is 5.97. The molecule has 1 amide bonds. The van der Waals surface area contributed by atoms with Gasteiger partial charge in [-0.3, -0.25) is 4.79 Å². The van der Waals surface area contributed by atoms with E-state index in [2.05, 4.69) is 10.6 Å². The van der Waals surface area contributed by atoms with Crippen molar-refractivity contribution in [3.05, 3.63) is 36.0 Å². The first-order valence-corrected chi connectivity index (χ1v) is 7.64. The van der Waals surface area contributed by atoms with Gasteiger partial charge in [-0.2, -0.15) is 5.26 Å². The van der Waals surface area contributed by atoms with Crippen molar-refractivity contribution in [3.8, 4) is 6.07 Å². The second-order valence-electron chi connectivity index (χ2n) is 5.60. The standard InChI is InChI=1S/C17H22N4O2/c1-21(2)15-6-3-5-14(9-15)19-11-13(10-18)17(22)20-12-16-7-4-8-23-16/h3,5-6,9,11,16,19H,4,7-8,12H2,1-2H3,(H,20,22)/b13-11-. The molecule has 0 aromatic heterocycles. The highest BCUT2D eigenvalue weighted by Gasteiger charge is 2.17. The van der Waals surface area contributed by atoms with Gasteiger partial charge in [0, 0.05) is 44.8 Å². The Morgan fingerprint density at radius 1 is 1.52 bits per heavy atom. The maximum atomic E-state index is 12.0. The van der Waals surface area contributed by atoms with Gasteiger partial charge in [0.2, 0.25) is 0 Å². The highest BCUT2D eigenvalue weighted by atomic mass is 16.5. The molecule has 1 saturated heterocycles. The average Bonchev–Trinajstić information content (AvgIpc) is 3.07. The van der Waals surface area contributed by atoms with Crippen molar-refractivity contribution in [1.29, 1.82) is 5.26 Å². The van der Waals surface area contributed by atoms with Crippen LogP contribution in [0.4, 0.5) is 11.4 Å². The number of rotatable bonds is 6.